The maximum Gasteiger partial charge on any atom is 0.124 e. The molecule has 1 aliphatic heterocycles. The molecule has 0 unspecified atom stereocenters. The van der Waals surface area contributed by atoms with E-state index in [0.29, 0.717) is 11.0 Å². The van der Waals surface area contributed by atoms with Gasteiger partial charge in [0.2, 0.25) is 0 Å². The average Bonchev–Trinajstić information content (AvgIpc) is 2.29. The summed E-state index contributed by atoms with van der Waals surface area (Å²) in [5.74, 6) is -0.293. The molecular formula is C14H19FN2S. The summed E-state index contributed by atoms with van der Waals surface area (Å²) in [5.41, 5.74) is 7.67. The molecule has 0 aliphatic carbocycles. The standard InChI is InChI=1S/C14H19FN2S/c1-14(2)5-7-17(8-6-14)12-4-3-10(15)9-11(12)13(16)18/h3-4,9H,5-8H2,1-2H3,(H2,16,18). The summed E-state index contributed by atoms with van der Waals surface area (Å²) in [6.45, 7) is 6.50. The van der Waals surface area contributed by atoms with E-state index in [1.54, 1.807) is 6.07 Å². The van der Waals surface area contributed by atoms with Crippen LogP contribution < -0.4 is 10.6 Å². The molecule has 0 aromatic heterocycles. The van der Waals surface area contributed by atoms with Crippen LogP contribution in [0.15, 0.2) is 18.2 Å². The van der Waals surface area contributed by atoms with Crippen molar-refractivity contribution in [3.8, 4) is 0 Å². The molecule has 1 fully saturated rings. The number of halogens is 1. The fourth-order valence-electron chi connectivity index (χ4n) is 2.33. The van der Waals surface area contributed by atoms with Crippen LogP contribution in [-0.4, -0.2) is 18.1 Å². The van der Waals surface area contributed by atoms with Crippen molar-refractivity contribution in [2.45, 2.75) is 26.7 Å². The Morgan fingerprint density at radius 1 is 1.33 bits per heavy atom. The van der Waals surface area contributed by atoms with E-state index in [0.717, 1.165) is 31.6 Å². The molecule has 0 saturated carbocycles. The average molecular weight is 266 g/mol. The maximum absolute atomic E-state index is 13.3. The van der Waals surface area contributed by atoms with Crippen LogP contribution >= 0.6 is 12.2 Å². The van der Waals surface area contributed by atoms with Gasteiger partial charge in [-0.2, -0.15) is 0 Å². The molecule has 2 N–H and O–H groups in total. The normalized spacial score (nSPS) is 18.7. The van der Waals surface area contributed by atoms with Gasteiger partial charge in [0.05, 0.1) is 0 Å². The van der Waals surface area contributed by atoms with Crippen LogP contribution in [0.2, 0.25) is 0 Å². The molecule has 0 bridgehead atoms. The highest BCUT2D eigenvalue weighted by atomic mass is 32.1. The molecule has 1 saturated heterocycles. The van der Waals surface area contributed by atoms with Crippen molar-refractivity contribution in [3.05, 3.63) is 29.6 Å². The minimum Gasteiger partial charge on any atom is -0.389 e. The van der Waals surface area contributed by atoms with Crippen LogP contribution in [0.3, 0.4) is 0 Å². The van der Waals surface area contributed by atoms with E-state index < -0.39 is 0 Å². The van der Waals surface area contributed by atoms with Crippen molar-refractivity contribution >= 4 is 22.9 Å². The second-order valence-corrected chi connectivity index (χ2v) is 6.12. The van der Waals surface area contributed by atoms with Gasteiger partial charge in [-0.15, -0.1) is 0 Å². The van der Waals surface area contributed by atoms with E-state index in [1.165, 1.54) is 12.1 Å². The third-order valence-electron chi connectivity index (χ3n) is 3.68. The summed E-state index contributed by atoms with van der Waals surface area (Å²) in [4.78, 5) is 2.51. The minimum atomic E-state index is -0.293. The third kappa shape index (κ3) is 2.80. The smallest absolute Gasteiger partial charge is 0.124 e. The number of thiocarbonyl (C=S) groups is 1. The molecule has 4 heteroatoms. The number of hydrogen-bond acceptors (Lipinski definition) is 2. The van der Waals surface area contributed by atoms with E-state index in [1.807, 2.05) is 0 Å². The van der Waals surface area contributed by atoms with Crippen LogP contribution in [0.1, 0.15) is 32.3 Å². The molecule has 98 valence electrons. The zero-order valence-electron chi connectivity index (χ0n) is 10.9. The molecule has 1 heterocycles. The van der Waals surface area contributed by atoms with E-state index in [-0.39, 0.29) is 10.8 Å². The Balaban J connectivity index is 2.26. The largest absolute Gasteiger partial charge is 0.389 e. The Morgan fingerprint density at radius 2 is 1.94 bits per heavy atom. The van der Waals surface area contributed by atoms with E-state index in [2.05, 4.69) is 18.7 Å². The van der Waals surface area contributed by atoms with E-state index >= 15 is 0 Å². The summed E-state index contributed by atoms with van der Waals surface area (Å²) in [5, 5.41) is 0. The third-order valence-corrected chi connectivity index (χ3v) is 3.90. The first-order chi connectivity index (χ1) is 8.39. The maximum atomic E-state index is 13.3. The lowest BCUT2D eigenvalue weighted by Crippen LogP contribution is -2.38. The van der Waals surface area contributed by atoms with Crippen molar-refractivity contribution in [2.24, 2.45) is 11.1 Å². The lowest BCUT2D eigenvalue weighted by Gasteiger charge is -2.38. The van der Waals surface area contributed by atoms with Crippen molar-refractivity contribution in [1.29, 1.82) is 0 Å². The highest BCUT2D eigenvalue weighted by molar-refractivity contribution is 7.80. The number of hydrogen-bond donors (Lipinski definition) is 1. The van der Waals surface area contributed by atoms with Gasteiger partial charge in [0, 0.05) is 24.3 Å². The first-order valence-electron chi connectivity index (χ1n) is 6.23. The molecular weight excluding hydrogens is 247 g/mol. The number of nitrogens with zero attached hydrogens (tertiary/aromatic N) is 1. The first-order valence-corrected chi connectivity index (χ1v) is 6.64. The van der Waals surface area contributed by atoms with Crippen LogP contribution in [0.4, 0.5) is 10.1 Å². The topological polar surface area (TPSA) is 29.3 Å². The lowest BCUT2D eigenvalue weighted by molar-refractivity contribution is 0.280. The second-order valence-electron chi connectivity index (χ2n) is 5.68. The zero-order chi connectivity index (χ0) is 13.3. The predicted molar refractivity (Wildman–Crippen MR) is 77.5 cm³/mol. The van der Waals surface area contributed by atoms with Crippen LogP contribution in [-0.2, 0) is 0 Å². The van der Waals surface area contributed by atoms with E-state index in [9.17, 15) is 4.39 Å². The molecule has 2 rings (SSSR count). The van der Waals surface area contributed by atoms with Gasteiger partial charge in [-0.3, -0.25) is 0 Å². The quantitative estimate of drug-likeness (QED) is 0.834. The molecule has 0 atom stereocenters. The SMILES string of the molecule is CC1(C)CCN(c2ccc(F)cc2C(N)=S)CC1. The Hall–Kier alpha value is -1.16. The first kappa shape index (κ1) is 13.3. The lowest BCUT2D eigenvalue weighted by atomic mass is 9.82. The summed E-state index contributed by atoms with van der Waals surface area (Å²) in [7, 11) is 0. The minimum absolute atomic E-state index is 0.259. The fraction of sp³-hybridized carbons (Fsp3) is 0.500. The summed E-state index contributed by atoms with van der Waals surface area (Å²) < 4.78 is 13.3. The van der Waals surface area contributed by atoms with Crippen LogP contribution in [0, 0.1) is 11.2 Å². The second kappa shape index (κ2) is 4.84. The molecule has 18 heavy (non-hydrogen) atoms. The fourth-order valence-corrected chi connectivity index (χ4v) is 2.50. The number of piperidine rings is 1. The Bertz CT molecular complexity index is 461. The number of anilines is 1. The van der Waals surface area contributed by atoms with Crippen LogP contribution in [0.5, 0.6) is 0 Å². The van der Waals surface area contributed by atoms with Gasteiger partial charge >= 0.3 is 0 Å². The van der Waals surface area contributed by atoms with Gasteiger partial charge in [0.1, 0.15) is 10.8 Å². The Labute approximate surface area is 113 Å². The Morgan fingerprint density at radius 3 is 2.50 bits per heavy atom. The van der Waals surface area contributed by atoms with Crippen molar-refractivity contribution in [1.82, 2.24) is 0 Å². The predicted octanol–water partition coefficient (Wildman–Crippen LogP) is 3.09. The van der Waals surface area contributed by atoms with Gasteiger partial charge in [-0.05, 0) is 36.5 Å². The highest BCUT2D eigenvalue weighted by Gasteiger charge is 2.26. The molecule has 0 radical (unpaired) electrons. The van der Waals surface area contributed by atoms with Gasteiger partial charge in [-0.25, -0.2) is 4.39 Å². The van der Waals surface area contributed by atoms with Crippen molar-refractivity contribution in [2.75, 3.05) is 18.0 Å². The van der Waals surface area contributed by atoms with Crippen LogP contribution in [0.25, 0.3) is 0 Å². The number of rotatable bonds is 2. The molecule has 2 nitrogen and oxygen atoms in total. The summed E-state index contributed by atoms with van der Waals surface area (Å²) >= 11 is 5.01. The van der Waals surface area contributed by atoms with Gasteiger partial charge in [0.25, 0.3) is 0 Å². The van der Waals surface area contributed by atoms with Gasteiger partial charge in [0.15, 0.2) is 0 Å². The molecule has 1 aromatic rings. The van der Waals surface area contributed by atoms with Crippen molar-refractivity contribution < 1.29 is 4.39 Å². The summed E-state index contributed by atoms with van der Waals surface area (Å²) in [6, 6.07) is 4.68. The number of benzene rings is 1. The molecule has 1 aliphatic rings. The van der Waals surface area contributed by atoms with Crippen molar-refractivity contribution in [3.63, 3.8) is 0 Å². The summed E-state index contributed by atoms with van der Waals surface area (Å²) in [6.07, 6.45) is 2.25. The number of nitrogens with two attached hydrogens (primary N) is 1. The molecule has 1 aromatic carbocycles. The van der Waals surface area contributed by atoms with Gasteiger partial charge < -0.3 is 10.6 Å². The van der Waals surface area contributed by atoms with E-state index in [4.69, 9.17) is 18.0 Å². The van der Waals surface area contributed by atoms with Gasteiger partial charge in [-0.1, -0.05) is 26.1 Å². The molecule has 0 amide bonds. The Kier molecular flexibility index (Phi) is 3.57. The molecule has 0 spiro atoms. The zero-order valence-corrected chi connectivity index (χ0v) is 11.7. The highest BCUT2D eigenvalue weighted by Crippen LogP contribution is 2.33. The monoisotopic (exact) mass is 266 g/mol.